The number of anilines is 1. The highest BCUT2D eigenvalue weighted by molar-refractivity contribution is 5.58. The lowest BCUT2D eigenvalue weighted by atomic mass is 10.2. The van der Waals surface area contributed by atoms with Gasteiger partial charge in [-0.1, -0.05) is 12.1 Å². The Morgan fingerprint density at radius 3 is 2.42 bits per heavy atom. The average Bonchev–Trinajstić information content (AvgIpc) is 2.68. The van der Waals surface area contributed by atoms with Crippen molar-refractivity contribution in [1.29, 1.82) is 0 Å². The van der Waals surface area contributed by atoms with Crippen molar-refractivity contribution in [2.24, 2.45) is 0 Å². The van der Waals surface area contributed by atoms with Crippen LogP contribution < -0.4 is 14.4 Å². The number of methoxy groups -OCH3 is 1. The Morgan fingerprint density at radius 2 is 1.73 bits per heavy atom. The largest absolute Gasteiger partial charge is 0.495 e. The smallest absolute Gasteiger partial charge is 0.142 e. The highest BCUT2D eigenvalue weighted by Crippen LogP contribution is 2.28. The molecule has 3 rings (SSSR count). The van der Waals surface area contributed by atoms with E-state index in [4.69, 9.17) is 9.47 Å². The van der Waals surface area contributed by atoms with Crippen LogP contribution in [0, 0.1) is 5.82 Å². The van der Waals surface area contributed by atoms with Gasteiger partial charge in [0.25, 0.3) is 0 Å². The summed E-state index contributed by atoms with van der Waals surface area (Å²) in [6.07, 6.45) is -0.585. The van der Waals surface area contributed by atoms with E-state index in [-0.39, 0.29) is 12.4 Å². The molecule has 0 amide bonds. The SMILES string of the molecule is COc1ccccc1N1CCN(C[C@H](O)COc2ccc(F)cc2)CC1. The number of aliphatic hydroxyl groups excluding tert-OH is 1. The second-order valence-electron chi connectivity index (χ2n) is 6.38. The Bertz CT molecular complexity index is 688. The first-order valence-electron chi connectivity index (χ1n) is 8.82. The fourth-order valence-corrected chi connectivity index (χ4v) is 3.14. The van der Waals surface area contributed by atoms with Crippen LogP contribution in [0.1, 0.15) is 0 Å². The molecule has 0 spiro atoms. The van der Waals surface area contributed by atoms with Crippen LogP contribution >= 0.6 is 0 Å². The summed E-state index contributed by atoms with van der Waals surface area (Å²) >= 11 is 0. The monoisotopic (exact) mass is 360 g/mol. The summed E-state index contributed by atoms with van der Waals surface area (Å²) in [5, 5.41) is 10.2. The first-order chi connectivity index (χ1) is 12.7. The van der Waals surface area contributed by atoms with Crippen LogP contribution in [-0.2, 0) is 0 Å². The number of aliphatic hydroxyl groups is 1. The first kappa shape index (κ1) is 18.5. The van der Waals surface area contributed by atoms with Gasteiger partial charge < -0.3 is 19.5 Å². The Morgan fingerprint density at radius 1 is 1.04 bits per heavy atom. The van der Waals surface area contributed by atoms with Gasteiger partial charge in [-0.3, -0.25) is 4.90 Å². The molecule has 1 aliphatic rings. The molecule has 0 unspecified atom stereocenters. The quantitative estimate of drug-likeness (QED) is 0.822. The van der Waals surface area contributed by atoms with Crippen LogP contribution in [0.5, 0.6) is 11.5 Å². The predicted octanol–water partition coefficient (Wildman–Crippen LogP) is 2.40. The summed E-state index contributed by atoms with van der Waals surface area (Å²) < 4.78 is 23.8. The molecule has 0 aliphatic carbocycles. The molecule has 140 valence electrons. The second-order valence-corrected chi connectivity index (χ2v) is 6.38. The maximum absolute atomic E-state index is 12.9. The zero-order valence-electron chi connectivity index (χ0n) is 15.0. The second kappa shape index (κ2) is 8.87. The van der Waals surface area contributed by atoms with Crippen LogP contribution in [0.3, 0.4) is 0 Å². The van der Waals surface area contributed by atoms with Crippen LogP contribution in [0.15, 0.2) is 48.5 Å². The minimum Gasteiger partial charge on any atom is -0.495 e. The number of hydrogen-bond donors (Lipinski definition) is 1. The molecule has 0 aromatic heterocycles. The van der Waals surface area contributed by atoms with Crippen molar-refractivity contribution in [2.75, 3.05) is 51.3 Å². The third-order valence-corrected chi connectivity index (χ3v) is 4.52. The predicted molar refractivity (Wildman–Crippen MR) is 99.5 cm³/mol. The van der Waals surface area contributed by atoms with Gasteiger partial charge in [0.1, 0.15) is 30.0 Å². The Labute approximate surface area is 153 Å². The lowest BCUT2D eigenvalue weighted by Crippen LogP contribution is -2.49. The molecule has 2 aromatic carbocycles. The minimum absolute atomic E-state index is 0.193. The normalized spacial score (nSPS) is 16.3. The maximum atomic E-state index is 12.9. The Balaban J connectivity index is 1.44. The minimum atomic E-state index is -0.585. The van der Waals surface area contributed by atoms with E-state index in [0.717, 1.165) is 37.6 Å². The summed E-state index contributed by atoms with van der Waals surface area (Å²) in [6.45, 7) is 4.24. The first-order valence-corrected chi connectivity index (χ1v) is 8.82. The molecule has 1 saturated heterocycles. The van der Waals surface area contributed by atoms with E-state index >= 15 is 0 Å². The van der Waals surface area contributed by atoms with Crippen LogP contribution in [0.2, 0.25) is 0 Å². The van der Waals surface area contributed by atoms with Crippen molar-refractivity contribution in [2.45, 2.75) is 6.10 Å². The van der Waals surface area contributed by atoms with Crippen molar-refractivity contribution in [3.63, 3.8) is 0 Å². The number of halogens is 1. The number of ether oxygens (including phenoxy) is 2. The number of β-amino-alcohol motifs (C(OH)–C–C–N with tert-alkyl or cyclic N) is 1. The third kappa shape index (κ3) is 4.86. The lowest BCUT2D eigenvalue weighted by molar-refractivity contribution is 0.0662. The fourth-order valence-electron chi connectivity index (χ4n) is 3.14. The van der Waals surface area contributed by atoms with E-state index in [1.165, 1.54) is 12.1 Å². The van der Waals surface area contributed by atoms with Gasteiger partial charge in [-0.05, 0) is 36.4 Å². The maximum Gasteiger partial charge on any atom is 0.142 e. The molecule has 6 heteroatoms. The molecule has 5 nitrogen and oxygen atoms in total. The van der Waals surface area contributed by atoms with E-state index in [0.29, 0.717) is 12.3 Å². The molecule has 0 saturated carbocycles. The molecule has 1 fully saturated rings. The Hall–Kier alpha value is -2.31. The standard InChI is InChI=1S/C20H25FN2O3/c1-25-20-5-3-2-4-19(20)23-12-10-22(11-13-23)14-17(24)15-26-18-8-6-16(21)7-9-18/h2-9,17,24H,10-15H2,1H3/t17-/m0/s1. The van der Waals surface area contributed by atoms with E-state index in [1.807, 2.05) is 18.2 Å². The fraction of sp³-hybridized carbons (Fsp3) is 0.400. The van der Waals surface area contributed by atoms with Gasteiger partial charge in [0.2, 0.25) is 0 Å². The van der Waals surface area contributed by atoms with Gasteiger partial charge in [-0.25, -0.2) is 4.39 Å². The molecule has 1 aliphatic heterocycles. The van der Waals surface area contributed by atoms with E-state index < -0.39 is 6.10 Å². The van der Waals surface area contributed by atoms with Crippen molar-refractivity contribution in [1.82, 2.24) is 4.90 Å². The van der Waals surface area contributed by atoms with Gasteiger partial charge in [0.15, 0.2) is 0 Å². The van der Waals surface area contributed by atoms with Crippen molar-refractivity contribution in [3.8, 4) is 11.5 Å². The van der Waals surface area contributed by atoms with E-state index in [9.17, 15) is 9.50 Å². The number of nitrogens with zero attached hydrogens (tertiary/aromatic N) is 2. The van der Waals surface area contributed by atoms with Gasteiger partial charge >= 0.3 is 0 Å². The van der Waals surface area contributed by atoms with E-state index in [1.54, 1.807) is 19.2 Å². The number of benzene rings is 2. The molecule has 1 N–H and O–H groups in total. The molecule has 0 bridgehead atoms. The topological polar surface area (TPSA) is 45.2 Å². The van der Waals surface area contributed by atoms with Gasteiger partial charge in [-0.15, -0.1) is 0 Å². The average molecular weight is 360 g/mol. The molecular formula is C20H25FN2O3. The van der Waals surface area contributed by atoms with Gasteiger partial charge in [0, 0.05) is 32.7 Å². The Kier molecular flexibility index (Phi) is 6.30. The van der Waals surface area contributed by atoms with Crippen LogP contribution in [0.4, 0.5) is 10.1 Å². The molecular weight excluding hydrogens is 335 g/mol. The molecule has 26 heavy (non-hydrogen) atoms. The van der Waals surface area contributed by atoms with Crippen molar-refractivity contribution >= 4 is 5.69 Å². The van der Waals surface area contributed by atoms with Crippen LogP contribution in [0.25, 0.3) is 0 Å². The van der Waals surface area contributed by atoms with Crippen LogP contribution in [-0.4, -0.2) is 62.6 Å². The zero-order valence-corrected chi connectivity index (χ0v) is 15.0. The van der Waals surface area contributed by atoms with Gasteiger partial charge in [0.05, 0.1) is 12.8 Å². The zero-order chi connectivity index (χ0) is 18.4. The van der Waals surface area contributed by atoms with Crippen molar-refractivity contribution in [3.05, 3.63) is 54.3 Å². The third-order valence-electron chi connectivity index (χ3n) is 4.52. The summed E-state index contributed by atoms with van der Waals surface area (Å²) in [7, 11) is 1.69. The summed E-state index contributed by atoms with van der Waals surface area (Å²) in [5.41, 5.74) is 1.11. The molecule has 1 heterocycles. The van der Waals surface area contributed by atoms with Gasteiger partial charge in [-0.2, -0.15) is 0 Å². The van der Waals surface area contributed by atoms with E-state index in [2.05, 4.69) is 15.9 Å². The number of rotatable bonds is 7. The summed E-state index contributed by atoms with van der Waals surface area (Å²) in [4.78, 5) is 4.53. The number of hydrogen-bond acceptors (Lipinski definition) is 5. The highest BCUT2D eigenvalue weighted by atomic mass is 19.1. The summed E-state index contributed by atoms with van der Waals surface area (Å²) in [6, 6.07) is 13.8. The molecule has 2 aromatic rings. The summed E-state index contributed by atoms with van der Waals surface area (Å²) in [5.74, 6) is 1.14. The number of para-hydroxylation sites is 2. The van der Waals surface area contributed by atoms with Crippen molar-refractivity contribution < 1.29 is 19.0 Å². The number of piperazine rings is 1. The lowest BCUT2D eigenvalue weighted by Gasteiger charge is -2.37. The molecule has 1 atom stereocenters. The molecule has 0 radical (unpaired) electrons. The highest BCUT2D eigenvalue weighted by Gasteiger charge is 2.21.